The number of fused-ring (bicyclic) bond motifs is 1. The van der Waals surface area contributed by atoms with Crippen LogP contribution in [0.3, 0.4) is 0 Å². The number of carbonyl (C=O) groups excluding carboxylic acids is 1. The first-order valence-electron chi connectivity index (χ1n) is 9.94. The molecule has 2 heterocycles. The van der Waals surface area contributed by atoms with Crippen LogP contribution in [0.2, 0.25) is 5.02 Å². The zero-order chi connectivity index (χ0) is 22.9. The van der Waals surface area contributed by atoms with E-state index in [0.717, 1.165) is 5.52 Å². The molecule has 0 saturated heterocycles. The van der Waals surface area contributed by atoms with Gasteiger partial charge in [0.05, 0.1) is 17.6 Å². The van der Waals surface area contributed by atoms with Crippen LogP contribution in [0.15, 0.2) is 28.7 Å². The average Bonchev–Trinajstić information content (AvgIpc) is 3.21. The molecule has 1 atom stereocenters. The molecule has 10 heteroatoms. The first kappa shape index (κ1) is 23.5. The Morgan fingerprint density at radius 1 is 1.29 bits per heavy atom. The van der Waals surface area contributed by atoms with Crippen LogP contribution in [0.1, 0.15) is 33.5 Å². The molecule has 0 spiro atoms. The summed E-state index contributed by atoms with van der Waals surface area (Å²) in [6.45, 7) is 8.00. The van der Waals surface area contributed by atoms with E-state index in [2.05, 4.69) is 4.98 Å². The van der Waals surface area contributed by atoms with Crippen LogP contribution in [0.4, 0.5) is 0 Å². The first-order chi connectivity index (χ1) is 14.5. The third-order valence-electron chi connectivity index (χ3n) is 4.66. The average molecular weight is 469 g/mol. The summed E-state index contributed by atoms with van der Waals surface area (Å²) in [4.78, 5) is 35.6. The number of halogens is 1. The maximum absolute atomic E-state index is 12.3. The summed E-state index contributed by atoms with van der Waals surface area (Å²) < 4.78 is 25.1. The van der Waals surface area contributed by atoms with Gasteiger partial charge >= 0.3 is 13.6 Å². The van der Waals surface area contributed by atoms with Crippen molar-refractivity contribution in [1.82, 2.24) is 9.55 Å². The normalized spacial score (nSPS) is 13.2. The van der Waals surface area contributed by atoms with Crippen molar-refractivity contribution < 1.29 is 28.3 Å². The number of ether oxygens (including phenoxy) is 1. The Bertz CT molecular complexity index is 1150. The highest BCUT2D eigenvalue weighted by atomic mass is 35.5. The summed E-state index contributed by atoms with van der Waals surface area (Å²) in [5.74, 6) is 0.518. The van der Waals surface area contributed by atoms with Crippen LogP contribution in [0, 0.1) is 11.8 Å². The number of hydrogen-bond donors (Lipinski definition) is 2. The van der Waals surface area contributed by atoms with E-state index in [4.69, 9.17) is 20.8 Å². The highest BCUT2D eigenvalue weighted by Gasteiger charge is 2.31. The molecule has 0 aliphatic rings. The number of carbonyl (C=O) groups is 1. The molecule has 1 unspecified atom stereocenters. The molecule has 168 valence electrons. The van der Waals surface area contributed by atoms with E-state index in [1.54, 1.807) is 18.2 Å². The van der Waals surface area contributed by atoms with Gasteiger partial charge in [0.1, 0.15) is 11.1 Å². The third kappa shape index (κ3) is 5.57. The lowest BCUT2D eigenvalue weighted by Gasteiger charge is -2.12. The van der Waals surface area contributed by atoms with E-state index in [9.17, 15) is 19.1 Å². The minimum atomic E-state index is -4.64. The summed E-state index contributed by atoms with van der Waals surface area (Å²) in [6, 6.07) is 6.62. The number of furan rings is 1. The van der Waals surface area contributed by atoms with E-state index in [-0.39, 0.29) is 35.5 Å². The molecule has 3 aromatic rings. The zero-order valence-electron chi connectivity index (χ0n) is 17.8. The Hall–Kier alpha value is -2.12. The van der Waals surface area contributed by atoms with Gasteiger partial charge in [-0.1, -0.05) is 32.4 Å². The highest BCUT2D eigenvalue weighted by molar-refractivity contribution is 7.60. The standard InChI is InChI=1S/C21H26ClN2O6P/c1-12(2)10-24-18-8-15(22)5-6-17(18)23-21(24)20-19(31(26,27)28)9-16(30-20)7-13(3)11-29-14(4)25/h5-6,8-9,12-13H,7,10-11H2,1-4H3,(H2,26,27,28). The van der Waals surface area contributed by atoms with Crippen LogP contribution in [-0.4, -0.2) is 31.9 Å². The van der Waals surface area contributed by atoms with Gasteiger partial charge in [0.15, 0.2) is 11.6 Å². The fourth-order valence-corrected chi connectivity index (χ4v) is 4.28. The molecule has 0 radical (unpaired) electrons. The van der Waals surface area contributed by atoms with Crippen LogP contribution in [0.25, 0.3) is 22.6 Å². The molecule has 0 saturated carbocycles. The van der Waals surface area contributed by atoms with Gasteiger partial charge in [-0.25, -0.2) is 4.98 Å². The summed E-state index contributed by atoms with van der Waals surface area (Å²) >= 11 is 6.17. The molecule has 0 aliphatic carbocycles. The number of nitrogens with zero attached hydrogens (tertiary/aromatic N) is 2. The number of esters is 1. The lowest BCUT2D eigenvalue weighted by molar-refractivity contribution is -0.142. The van der Waals surface area contributed by atoms with Crippen molar-refractivity contribution in [2.24, 2.45) is 11.8 Å². The number of imidazole rings is 1. The van der Waals surface area contributed by atoms with Crippen molar-refractivity contribution in [2.75, 3.05) is 6.61 Å². The predicted molar refractivity (Wildman–Crippen MR) is 118 cm³/mol. The van der Waals surface area contributed by atoms with Crippen LogP contribution < -0.4 is 5.30 Å². The molecule has 0 aliphatic heterocycles. The maximum Gasteiger partial charge on any atom is 0.360 e. The Morgan fingerprint density at radius 3 is 2.61 bits per heavy atom. The lowest BCUT2D eigenvalue weighted by atomic mass is 10.1. The topological polar surface area (TPSA) is 115 Å². The number of rotatable bonds is 8. The third-order valence-corrected chi connectivity index (χ3v) is 5.85. The van der Waals surface area contributed by atoms with Crippen molar-refractivity contribution in [3.05, 3.63) is 35.0 Å². The van der Waals surface area contributed by atoms with Gasteiger partial charge in [0.2, 0.25) is 0 Å². The highest BCUT2D eigenvalue weighted by Crippen LogP contribution is 2.40. The molecule has 0 bridgehead atoms. The van der Waals surface area contributed by atoms with Crippen LogP contribution in [-0.2, 0) is 27.1 Å². The summed E-state index contributed by atoms with van der Waals surface area (Å²) in [6.07, 6.45) is 0.344. The largest absolute Gasteiger partial charge is 0.466 e. The molecule has 31 heavy (non-hydrogen) atoms. The van der Waals surface area contributed by atoms with E-state index in [0.29, 0.717) is 35.1 Å². The van der Waals surface area contributed by atoms with Gasteiger partial charge < -0.3 is 23.5 Å². The fourth-order valence-electron chi connectivity index (χ4n) is 3.39. The number of hydrogen-bond acceptors (Lipinski definition) is 5. The Morgan fingerprint density at radius 2 is 2.00 bits per heavy atom. The van der Waals surface area contributed by atoms with Crippen LogP contribution >= 0.6 is 19.2 Å². The molecule has 2 N–H and O–H groups in total. The number of aromatic nitrogens is 2. The molecule has 1 aromatic carbocycles. The van der Waals surface area contributed by atoms with Crippen molar-refractivity contribution >= 4 is 41.5 Å². The summed E-state index contributed by atoms with van der Waals surface area (Å²) in [5.41, 5.74) is 1.41. The monoisotopic (exact) mass is 468 g/mol. The predicted octanol–water partition coefficient (Wildman–Crippen LogP) is 4.15. The second-order valence-electron chi connectivity index (χ2n) is 8.16. The lowest BCUT2D eigenvalue weighted by Crippen LogP contribution is -2.11. The second kappa shape index (κ2) is 9.17. The van der Waals surface area contributed by atoms with E-state index in [1.807, 2.05) is 25.3 Å². The van der Waals surface area contributed by atoms with E-state index < -0.39 is 7.60 Å². The molecule has 3 rings (SSSR count). The van der Waals surface area contributed by atoms with Gasteiger partial charge in [-0.3, -0.25) is 9.36 Å². The molecular formula is C21H26ClN2O6P. The fraction of sp³-hybridized carbons (Fsp3) is 0.429. The van der Waals surface area contributed by atoms with Crippen molar-refractivity contribution in [1.29, 1.82) is 0 Å². The zero-order valence-corrected chi connectivity index (χ0v) is 19.5. The van der Waals surface area contributed by atoms with Crippen molar-refractivity contribution in [3.63, 3.8) is 0 Å². The minimum absolute atomic E-state index is 0.0380. The Balaban J connectivity index is 2.11. The molecule has 0 fully saturated rings. The Kier molecular flexibility index (Phi) is 6.96. The second-order valence-corrected chi connectivity index (χ2v) is 10.2. The van der Waals surface area contributed by atoms with Crippen LogP contribution in [0.5, 0.6) is 0 Å². The van der Waals surface area contributed by atoms with Crippen molar-refractivity contribution in [3.8, 4) is 11.6 Å². The van der Waals surface area contributed by atoms with Gasteiger partial charge in [-0.05, 0) is 36.1 Å². The van der Waals surface area contributed by atoms with E-state index >= 15 is 0 Å². The summed E-state index contributed by atoms with van der Waals surface area (Å²) in [5, 5.41) is 0.326. The molecule has 8 nitrogen and oxygen atoms in total. The first-order valence-corrected chi connectivity index (χ1v) is 11.9. The molecule has 2 aromatic heterocycles. The minimum Gasteiger partial charge on any atom is -0.466 e. The molecule has 0 amide bonds. The SMILES string of the molecule is CC(=O)OCC(C)Cc1cc(P(=O)(O)O)c(-c2nc3ccc(Cl)cc3n2CC(C)C)o1. The van der Waals surface area contributed by atoms with Gasteiger partial charge in [-0.15, -0.1) is 0 Å². The quantitative estimate of drug-likeness (QED) is 0.377. The smallest absolute Gasteiger partial charge is 0.360 e. The summed E-state index contributed by atoms with van der Waals surface area (Å²) in [7, 11) is -4.64. The van der Waals surface area contributed by atoms with Crippen molar-refractivity contribution in [2.45, 2.75) is 40.7 Å². The van der Waals surface area contributed by atoms with Gasteiger partial charge in [0.25, 0.3) is 0 Å². The number of benzene rings is 1. The van der Waals surface area contributed by atoms with Gasteiger partial charge in [-0.2, -0.15) is 0 Å². The maximum atomic E-state index is 12.3. The van der Waals surface area contributed by atoms with E-state index in [1.165, 1.54) is 13.0 Å². The molecular weight excluding hydrogens is 443 g/mol. The Labute approximate surface area is 185 Å². The van der Waals surface area contributed by atoms with Gasteiger partial charge in [0, 0.05) is 24.9 Å².